The molecule has 3 N–H and O–H groups in total. The second-order valence-electron chi connectivity index (χ2n) is 8.02. The molecule has 188 valence electrons. The summed E-state index contributed by atoms with van der Waals surface area (Å²) in [6.07, 6.45) is 1.86. The first kappa shape index (κ1) is 25.3. The molecule has 0 fully saturated rings. The monoisotopic (exact) mass is 502 g/mol. The average molecular weight is 503 g/mol. The lowest BCUT2D eigenvalue weighted by molar-refractivity contribution is 0.100. The van der Waals surface area contributed by atoms with Crippen LogP contribution in [0.5, 0.6) is 5.75 Å². The van der Waals surface area contributed by atoms with E-state index < -0.39 is 11.7 Å². The van der Waals surface area contributed by atoms with Crippen LogP contribution in [0.2, 0.25) is 0 Å². The number of benzene rings is 1. The predicted octanol–water partition coefficient (Wildman–Crippen LogP) is 3.29. The van der Waals surface area contributed by atoms with Crippen molar-refractivity contribution in [2.24, 2.45) is 12.8 Å². The van der Waals surface area contributed by atoms with Gasteiger partial charge in [-0.3, -0.25) is 14.6 Å². The number of anilines is 1. The van der Waals surface area contributed by atoms with Crippen molar-refractivity contribution in [3.05, 3.63) is 59.2 Å². The molecule has 1 amide bonds. The molecule has 0 spiro atoms. The van der Waals surface area contributed by atoms with Crippen LogP contribution in [0.25, 0.3) is 33.5 Å². The summed E-state index contributed by atoms with van der Waals surface area (Å²) in [5.41, 5.74) is 7.98. The first-order chi connectivity index (χ1) is 17.9. The highest BCUT2D eigenvalue weighted by molar-refractivity contribution is 6.12. The van der Waals surface area contributed by atoms with Crippen molar-refractivity contribution in [3.8, 4) is 34.3 Å². The molecule has 3 aromatic heterocycles. The summed E-state index contributed by atoms with van der Waals surface area (Å²) in [5.74, 6) is -1.18. The van der Waals surface area contributed by atoms with Gasteiger partial charge in [0.25, 0.3) is 5.91 Å². The van der Waals surface area contributed by atoms with Gasteiger partial charge in [0, 0.05) is 32.5 Å². The van der Waals surface area contributed by atoms with Crippen LogP contribution in [0.15, 0.2) is 36.5 Å². The minimum Gasteiger partial charge on any atom is -0.496 e. The Balaban J connectivity index is 2.01. The SMILES string of the molecule is COCCNc1cc(-c2c(C(N)=O)c3nc(C=O)c(-c4c(F)cccc4OC)cc3n2C)ncc1C#N. The van der Waals surface area contributed by atoms with Gasteiger partial charge in [0.05, 0.1) is 53.0 Å². The van der Waals surface area contributed by atoms with Gasteiger partial charge in [0.1, 0.15) is 28.8 Å². The molecule has 4 rings (SSSR count). The first-order valence-corrected chi connectivity index (χ1v) is 11.1. The fraction of sp³-hybridized carbons (Fsp3) is 0.192. The number of carbonyl (C=O) groups is 2. The van der Waals surface area contributed by atoms with Crippen LogP contribution in [0, 0.1) is 17.1 Å². The molecule has 3 heterocycles. The van der Waals surface area contributed by atoms with Gasteiger partial charge in [-0.2, -0.15) is 5.26 Å². The van der Waals surface area contributed by atoms with Gasteiger partial charge in [-0.25, -0.2) is 9.37 Å². The van der Waals surface area contributed by atoms with Crippen molar-refractivity contribution in [3.63, 3.8) is 0 Å². The number of nitriles is 1. The van der Waals surface area contributed by atoms with Crippen LogP contribution in [-0.4, -0.2) is 54.1 Å². The molecule has 0 saturated carbocycles. The highest BCUT2D eigenvalue weighted by Gasteiger charge is 2.26. The number of amides is 1. The molecule has 0 aliphatic carbocycles. The summed E-state index contributed by atoms with van der Waals surface area (Å²) >= 11 is 0. The number of methoxy groups -OCH3 is 2. The number of primary amides is 1. The second-order valence-corrected chi connectivity index (χ2v) is 8.02. The number of nitrogens with two attached hydrogens (primary N) is 1. The Hall–Kier alpha value is -4.82. The number of hydrogen-bond donors (Lipinski definition) is 2. The number of aromatic nitrogens is 3. The Morgan fingerprint density at radius 2 is 2.11 bits per heavy atom. The molecule has 0 aliphatic heterocycles. The van der Waals surface area contributed by atoms with Gasteiger partial charge in [0.15, 0.2) is 6.29 Å². The number of pyridine rings is 2. The van der Waals surface area contributed by atoms with Gasteiger partial charge in [-0.05, 0) is 24.3 Å². The third kappa shape index (κ3) is 4.46. The summed E-state index contributed by atoms with van der Waals surface area (Å²) in [5, 5.41) is 12.6. The molecule has 4 aromatic rings. The van der Waals surface area contributed by atoms with Crippen LogP contribution >= 0.6 is 0 Å². The standard InChI is InChI=1S/C26H23FN6O4/c1-33-20-9-15(22-16(27)5-4-6-21(22)37-3)19(13-34)32-24(20)23(26(29)35)25(33)18-10-17(30-7-8-36-2)14(11-28)12-31-18/h4-6,9-10,12-13H,7-8H2,1-3H3,(H2,29,35)(H,30,31). The van der Waals surface area contributed by atoms with Crippen molar-refractivity contribution in [2.45, 2.75) is 0 Å². The fourth-order valence-electron chi connectivity index (χ4n) is 4.22. The largest absolute Gasteiger partial charge is 0.496 e. The van der Waals surface area contributed by atoms with Crippen LogP contribution in [-0.2, 0) is 11.8 Å². The summed E-state index contributed by atoms with van der Waals surface area (Å²) in [6, 6.07) is 9.57. The van der Waals surface area contributed by atoms with Crippen molar-refractivity contribution in [1.29, 1.82) is 5.26 Å². The van der Waals surface area contributed by atoms with E-state index in [1.54, 1.807) is 36.9 Å². The number of ether oxygens (including phenoxy) is 2. The minimum absolute atomic E-state index is 0.0349. The Morgan fingerprint density at radius 3 is 2.76 bits per heavy atom. The number of halogens is 1. The summed E-state index contributed by atoms with van der Waals surface area (Å²) < 4.78 is 26.9. The summed E-state index contributed by atoms with van der Waals surface area (Å²) in [7, 11) is 4.63. The number of carbonyl (C=O) groups excluding carboxylic acids is 2. The van der Waals surface area contributed by atoms with Crippen molar-refractivity contribution in [1.82, 2.24) is 14.5 Å². The molecule has 0 aliphatic rings. The zero-order valence-corrected chi connectivity index (χ0v) is 20.3. The van der Waals surface area contributed by atoms with Gasteiger partial charge in [-0.15, -0.1) is 0 Å². The third-order valence-electron chi connectivity index (χ3n) is 5.91. The maximum Gasteiger partial charge on any atom is 0.253 e. The van der Waals surface area contributed by atoms with Gasteiger partial charge in [-0.1, -0.05) is 6.07 Å². The predicted molar refractivity (Wildman–Crippen MR) is 135 cm³/mol. The van der Waals surface area contributed by atoms with E-state index in [9.17, 15) is 19.2 Å². The third-order valence-corrected chi connectivity index (χ3v) is 5.91. The van der Waals surface area contributed by atoms with E-state index in [4.69, 9.17) is 15.2 Å². The van der Waals surface area contributed by atoms with E-state index in [1.165, 1.54) is 25.4 Å². The second kappa shape index (κ2) is 10.4. The van der Waals surface area contributed by atoms with Crippen molar-refractivity contribution >= 4 is 28.9 Å². The lowest BCUT2D eigenvalue weighted by Crippen LogP contribution is -2.13. The number of nitrogens with one attached hydrogen (secondary N) is 1. The van der Waals surface area contributed by atoms with E-state index in [1.807, 2.05) is 0 Å². The van der Waals surface area contributed by atoms with E-state index in [-0.39, 0.29) is 33.7 Å². The average Bonchev–Trinajstić information content (AvgIpc) is 3.19. The molecule has 10 nitrogen and oxygen atoms in total. The summed E-state index contributed by atoms with van der Waals surface area (Å²) in [6.45, 7) is 0.842. The Kier molecular flexibility index (Phi) is 7.13. The fourth-order valence-corrected chi connectivity index (χ4v) is 4.22. The van der Waals surface area contributed by atoms with Gasteiger partial charge >= 0.3 is 0 Å². The van der Waals surface area contributed by atoms with E-state index in [0.717, 1.165) is 0 Å². The zero-order valence-electron chi connectivity index (χ0n) is 20.3. The smallest absolute Gasteiger partial charge is 0.253 e. The van der Waals surface area contributed by atoms with E-state index >= 15 is 0 Å². The first-order valence-electron chi connectivity index (χ1n) is 11.1. The molecular weight excluding hydrogens is 479 g/mol. The Morgan fingerprint density at radius 1 is 1.32 bits per heavy atom. The molecule has 37 heavy (non-hydrogen) atoms. The molecule has 0 atom stereocenters. The number of nitrogens with zero attached hydrogens (tertiary/aromatic N) is 4. The molecular formula is C26H23FN6O4. The van der Waals surface area contributed by atoms with Crippen LogP contribution in [0.3, 0.4) is 0 Å². The van der Waals surface area contributed by atoms with Crippen LogP contribution < -0.4 is 15.8 Å². The number of fused-ring (bicyclic) bond motifs is 1. The van der Waals surface area contributed by atoms with Crippen molar-refractivity contribution in [2.75, 3.05) is 32.7 Å². The highest BCUT2D eigenvalue weighted by atomic mass is 19.1. The number of hydrogen-bond acceptors (Lipinski definition) is 8. The lowest BCUT2D eigenvalue weighted by Gasteiger charge is -2.12. The number of aryl methyl sites for hydroxylation is 1. The maximum atomic E-state index is 14.9. The van der Waals surface area contributed by atoms with E-state index in [0.29, 0.717) is 47.6 Å². The minimum atomic E-state index is -0.791. The van der Waals surface area contributed by atoms with E-state index in [2.05, 4.69) is 21.4 Å². The summed E-state index contributed by atoms with van der Waals surface area (Å²) in [4.78, 5) is 33.4. The quantitative estimate of drug-likeness (QED) is 0.262. The Bertz CT molecular complexity index is 1570. The van der Waals surface area contributed by atoms with Crippen LogP contribution in [0.1, 0.15) is 26.4 Å². The Labute approximate surface area is 211 Å². The molecule has 11 heteroatoms. The van der Waals surface area contributed by atoms with Gasteiger partial charge in [0.2, 0.25) is 0 Å². The number of aldehydes is 1. The molecule has 0 unspecified atom stereocenters. The maximum absolute atomic E-state index is 14.9. The van der Waals surface area contributed by atoms with Crippen molar-refractivity contribution < 1.29 is 23.5 Å². The highest BCUT2D eigenvalue weighted by Crippen LogP contribution is 2.39. The number of rotatable bonds is 9. The van der Waals surface area contributed by atoms with Gasteiger partial charge < -0.3 is 25.1 Å². The topological polar surface area (TPSA) is 145 Å². The van der Waals surface area contributed by atoms with Crippen LogP contribution in [0.4, 0.5) is 10.1 Å². The molecule has 1 aromatic carbocycles. The molecule has 0 saturated heterocycles. The zero-order chi connectivity index (χ0) is 26.7. The normalized spacial score (nSPS) is 10.8. The molecule has 0 radical (unpaired) electrons. The molecule has 0 bridgehead atoms. The lowest BCUT2D eigenvalue weighted by atomic mass is 10.0.